The highest BCUT2D eigenvalue weighted by Crippen LogP contribution is 2.42. The molecule has 2 aromatic rings. The highest BCUT2D eigenvalue weighted by molar-refractivity contribution is 5.97. The van der Waals surface area contributed by atoms with Crippen LogP contribution in [0.2, 0.25) is 0 Å². The van der Waals surface area contributed by atoms with Crippen LogP contribution in [0.15, 0.2) is 17.1 Å². The number of pyridine rings is 1. The zero-order valence-electron chi connectivity index (χ0n) is 17.2. The molecule has 2 aliphatic heterocycles. The second-order valence-electron chi connectivity index (χ2n) is 6.65. The van der Waals surface area contributed by atoms with E-state index in [-0.39, 0.29) is 55.7 Å². The van der Waals surface area contributed by atoms with Gasteiger partial charge in [0, 0.05) is 36.5 Å². The second kappa shape index (κ2) is 5.98. The maximum atomic E-state index is 15.1. The molecule has 3 heterocycles. The largest absolute Gasteiger partial charge is 0.487 e. The Morgan fingerprint density at radius 3 is 2.77 bits per heavy atom. The van der Waals surface area contributed by atoms with Crippen LogP contribution in [0.5, 0.6) is 5.75 Å². The number of rotatable bonds is 2. The molecule has 7 nitrogen and oxygen atoms in total. The first-order valence-electron chi connectivity index (χ1n) is 9.87. The van der Waals surface area contributed by atoms with Gasteiger partial charge in [0.15, 0.2) is 11.6 Å². The van der Waals surface area contributed by atoms with Crippen LogP contribution in [-0.2, 0) is 0 Å². The Bertz CT molecular complexity index is 1060. The minimum absolute atomic E-state index is 0.0474. The van der Waals surface area contributed by atoms with Gasteiger partial charge in [0.1, 0.15) is 17.9 Å². The van der Waals surface area contributed by atoms with Crippen molar-refractivity contribution in [3.05, 3.63) is 33.9 Å². The predicted molar refractivity (Wildman–Crippen MR) is 95.0 cm³/mol. The molecule has 0 spiro atoms. The van der Waals surface area contributed by atoms with Gasteiger partial charge in [-0.2, -0.15) is 0 Å². The highest BCUT2D eigenvalue weighted by atomic mass is 19.1. The summed E-state index contributed by atoms with van der Waals surface area (Å²) in [6.45, 7) is 0.825. The maximum Gasteiger partial charge on any atom is 0.341 e. The van der Waals surface area contributed by atoms with Gasteiger partial charge in [-0.15, -0.1) is 0 Å². The number of carbonyl (C=O) groups is 1. The van der Waals surface area contributed by atoms with Crippen LogP contribution >= 0.6 is 0 Å². The van der Waals surface area contributed by atoms with Crippen LogP contribution in [0.1, 0.15) is 27.4 Å². The van der Waals surface area contributed by atoms with Gasteiger partial charge in [-0.3, -0.25) is 4.79 Å². The lowest BCUT2D eigenvalue weighted by atomic mass is 10.1. The maximum absolute atomic E-state index is 15.1. The van der Waals surface area contributed by atoms with Crippen molar-refractivity contribution in [2.75, 3.05) is 44.7 Å². The summed E-state index contributed by atoms with van der Waals surface area (Å²) in [5.74, 6) is -1.88. The second-order valence-corrected chi connectivity index (χ2v) is 6.65. The Hall–Kier alpha value is -2.61. The molecule has 0 saturated carbocycles. The lowest BCUT2D eigenvalue weighted by Crippen LogP contribution is -2.45. The quantitative estimate of drug-likeness (QED) is 0.871. The van der Waals surface area contributed by atoms with Crippen LogP contribution in [-0.4, -0.2) is 60.3 Å². The van der Waals surface area contributed by atoms with Gasteiger partial charge >= 0.3 is 5.97 Å². The number of piperazine rings is 1. The Labute approximate surface area is 153 Å². The van der Waals surface area contributed by atoms with Gasteiger partial charge in [-0.1, -0.05) is 0 Å². The summed E-state index contributed by atoms with van der Waals surface area (Å²) in [4.78, 5) is 27.1. The van der Waals surface area contributed by atoms with Crippen molar-refractivity contribution in [1.82, 2.24) is 9.47 Å². The van der Waals surface area contributed by atoms with Gasteiger partial charge in [0.2, 0.25) is 5.43 Å². The van der Waals surface area contributed by atoms with Crippen molar-refractivity contribution in [3.8, 4) is 5.75 Å². The van der Waals surface area contributed by atoms with Crippen molar-refractivity contribution in [1.29, 1.82) is 0 Å². The van der Waals surface area contributed by atoms with E-state index in [9.17, 15) is 14.7 Å². The number of hydrogen-bond acceptors (Lipinski definition) is 5. The fourth-order valence-corrected chi connectivity index (χ4v) is 3.59. The number of ether oxygens (including phenoxy) is 1. The molecule has 1 atom stereocenters. The van der Waals surface area contributed by atoms with Crippen molar-refractivity contribution in [2.45, 2.75) is 13.0 Å². The van der Waals surface area contributed by atoms with E-state index in [2.05, 4.69) is 0 Å². The van der Waals surface area contributed by atoms with E-state index < -0.39 is 29.8 Å². The molecule has 0 aliphatic carbocycles. The predicted octanol–water partition coefficient (Wildman–Crippen LogP) is 1.54. The molecule has 1 N–H and O–H groups in total. The van der Waals surface area contributed by atoms with E-state index in [1.807, 2.05) is 6.92 Å². The van der Waals surface area contributed by atoms with Crippen LogP contribution < -0.4 is 15.1 Å². The van der Waals surface area contributed by atoms with Crippen LogP contribution in [0.25, 0.3) is 10.9 Å². The van der Waals surface area contributed by atoms with Gasteiger partial charge in [-0.25, -0.2) is 9.18 Å². The monoisotopic (exact) mass is 364 g/mol. The molecular formula is C18H20FN3O4. The van der Waals surface area contributed by atoms with Crippen LogP contribution in [0, 0.1) is 5.82 Å². The molecule has 1 saturated heterocycles. The standard InChI is InChI=1S/C18H20FN3O4/c1-10-9-26-17-14-11(16(23)12(18(24)25)8-22(10)14)7-13(19)15(17)21-5-3-20(2)4-6-21/h7-8,10H,3-6,9H2,1-2H3,(H,24,25)/i2D3. The number of carboxylic acids is 1. The van der Waals surface area contributed by atoms with Crippen molar-refractivity contribution < 1.29 is 23.1 Å². The van der Waals surface area contributed by atoms with E-state index in [1.54, 1.807) is 9.47 Å². The van der Waals surface area contributed by atoms with E-state index in [1.165, 1.54) is 11.1 Å². The zero-order valence-corrected chi connectivity index (χ0v) is 14.2. The normalized spacial score (nSPS) is 22.5. The molecule has 138 valence electrons. The summed E-state index contributed by atoms with van der Waals surface area (Å²) >= 11 is 0. The molecule has 0 amide bonds. The Kier molecular flexibility index (Phi) is 3.12. The van der Waals surface area contributed by atoms with E-state index in [0.717, 1.165) is 6.07 Å². The average Bonchev–Trinajstić information content (AvgIpc) is 2.65. The number of aromatic carboxylic acids is 1. The first kappa shape index (κ1) is 13.6. The Morgan fingerprint density at radius 2 is 2.12 bits per heavy atom. The number of aromatic nitrogens is 1. The Morgan fingerprint density at radius 1 is 1.38 bits per heavy atom. The molecule has 1 fully saturated rings. The summed E-state index contributed by atoms with van der Waals surface area (Å²) in [6, 6.07) is 0.811. The minimum atomic E-state index is -2.21. The molecule has 2 aliphatic rings. The highest BCUT2D eigenvalue weighted by Gasteiger charge is 2.30. The topological polar surface area (TPSA) is 75.0 Å². The van der Waals surface area contributed by atoms with Gasteiger partial charge in [0.05, 0.1) is 16.9 Å². The lowest BCUT2D eigenvalue weighted by Gasteiger charge is -2.37. The van der Waals surface area contributed by atoms with Crippen molar-refractivity contribution >= 4 is 22.6 Å². The SMILES string of the molecule is [2H]C([2H])([2H])N1CCN(c2c(F)cc3c(=O)c(C(=O)O)cn4c3c2OCC4C)CC1. The van der Waals surface area contributed by atoms with Crippen molar-refractivity contribution in [3.63, 3.8) is 0 Å². The first-order valence-corrected chi connectivity index (χ1v) is 8.37. The fraction of sp³-hybridized carbons (Fsp3) is 0.444. The summed E-state index contributed by atoms with van der Waals surface area (Å²) in [6.07, 6.45) is 1.28. The van der Waals surface area contributed by atoms with E-state index in [0.29, 0.717) is 5.52 Å². The lowest BCUT2D eigenvalue weighted by molar-refractivity contribution is 0.0694. The van der Waals surface area contributed by atoms with Crippen LogP contribution in [0.3, 0.4) is 0 Å². The van der Waals surface area contributed by atoms with Gasteiger partial charge in [-0.05, 0) is 20.0 Å². The number of anilines is 1. The number of benzene rings is 1. The molecule has 26 heavy (non-hydrogen) atoms. The first-order chi connectivity index (χ1) is 13.6. The number of halogens is 1. The Balaban J connectivity index is 1.86. The molecule has 0 bridgehead atoms. The number of carboxylic acid groups (broad SMARTS) is 1. The molecule has 4 rings (SSSR count). The zero-order chi connectivity index (χ0) is 21.1. The third kappa shape index (κ3) is 2.44. The fourth-order valence-electron chi connectivity index (χ4n) is 3.59. The molecule has 1 aromatic heterocycles. The van der Waals surface area contributed by atoms with Crippen LogP contribution in [0.4, 0.5) is 10.1 Å². The van der Waals surface area contributed by atoms with Gasteiger partial charge in [0.25, 0.3) is 0 Å². The summed E-state index contributed by atoms with van der Waals surface area (Å²) in [5.41, 5.74) is -0.657. The minimum Gasteiger partial charge on any atom is -0.487 e. The molecule has 1 aromatic carbocycles. The van der Waals surface area contributed by atoms with E-state index in [4.69, 9.17) is 8.85 Å². The summed E-state index contributed by atoms with van der Waals surface area (Å²) in [7, 11) is 0. The van der Waals surface area contributed by atoms with E-state index >= 15 is 4.39 Å². The molecule has 8 heteroatoms. The van der Waals surface area contributed by atoms with Gasteiger partial charge < -0.3 is 24.2 Å². The molecule has 1 unspecified atom stereocenters. The summed E-state index contributed by atoms with van der Waals surface area (Å²) < 4.78 is 45.1. The molecule has 0 radical (unpaired) electrons. The average molecular weight is 364 g/mol. The number of hydrogen-bond donors (Lipinski definition) is 1. The smallest absolute Gasteiger partial charge is 0.341 e. The molecular weight excluding hydrogens is 341 g/mol. The number of nitrogens with zero attached hydrogens (tertiary/aromatic N) is 3. The third-order valence-corrected chi connectivity index (χ3v) is 4.97. The van der Waals surface area contributed by atoms with Crippen molar-refractivity contribution in [2.24, 2.45) is 0 Å². The number of likely N-dealkylation sites (N-methyl/N-ethyl adjacent to an activating group) is 1. The third-order valence-electron chi connectivity index (χ3n) is 4.97. The summed E-state index contributed by atoms with van der Waals surface area (Å²) in [5, 5.41) is 9.29.